The molecule has 0 bridgehead atoms. The van der Waals surface area contributed by atoms with Crippen LogP contribution in [0, 0.1) is 0 Å². The third-order valence-corrected chi connectivity index (χ3v) is 5.02. The first-order chi connectivity index (χ1) is 9.98. The van der Waals surface area contributed by atoms with E-state index in [2.05, 4.69) is 15.5 Å². The van der Waals surface area contributed by atoms with Crippen molar-refractivity contribution in [1.29, 1.82) is 0 Å². The molecule has 4 N–H and O–H groups in total. The van der Waals surface area contributed by atoms with Gasteiger partial charge in [-0.3, -0.25) is 9.36 Å². The number of hydrogen-bond acceptors (Lipinski definition) is 5. The van der Waals surface area contributed by atoms with Crippen molar-refractivity contribution in [2.24, 2.45) is 5.73 Å². The molecule has 0 saturated heterocycles. The van der Waals surface area contributed by atoms with Gasteiger partial charge in [-0.15, -0.1) is 5.10 Å². The van der Waals surface area contributed by atoms with Gasteiger partial charge >= 0.3 is 5.69 Å². The molecule has 0 radical (unpaired) electrons. The topological polar surface area (TPSA) is 106 Å². The average Bonchev–Trinajstić information content (AvgIpc) is 3.22. The van der Waals surface area contributed by atoms with E-state index >= 15 is 0 Å². The molecule has 0 aromatic carbocycles. The van der Waals surface area contributed by atoms with Gasteiger partial charge in [-0.1, -0.05) is 18.2 Å². The molecule has 0 spiro atoms. The highest BCUT2D eigenvalue weighted by atomic mass is 32.2. The molecular weight excluding hydrogens is 290 g/mol. The first-order valence-corrected chi connectivity index (χ1v) is 8.25. The second-order valence-corrected chi connectivity index (χ2v) is 6.73. The van der Waals surface area contributed by atoms with Crippen LogP contribution in [0.3, 0.4) is 0 Å². The molecule has 1 amide bonds. The lowest BCUT2D eigenvalue weighted by Crippen LogP contribution is -2.51. The number of aromatic nitrogens is 3. The molecule has 1 atom stereocenters. The van der Waals surface area contributed by atoms with E-state index in [9.17, 15) is 9.59 Å². The van der Waals surface area contributed by atoms with Gasteiger partial charge in [0.25, 0.3) is 0 Å². The molecular formula is C13H23N5O2S. The number of unbranched alkanes of at least 4 members (excludes halogenated alkanes) is 1. The normalized spacial score (nSPS) is 17.6. The standard InChI is InChI=1S/C13H23N5O2S/c1-13(15-2,10(14)19)7-3-4-8-21-12-17-16-11(20)18(12)9-5-6-9/h9,15H,3-8H2,1-2H3,(H2,14,19)(H,16,20). The third-order valence-electron chi connectivity index (χ3n) is 3.98. The first kappa shape index (κ1) is 16.1. The fourth-order valence-corrected chi connectivity index (χ4v) is 3.17. The summed E-state index contributed by atoms with van der Waals surface area (Å²) in [6, 6.07) is 0.334. The Morgan fingerprint density at radius 2 is 2.29 bits per heavy atom. The summed E-state index contributed by atoms with van der Waals surface area (Å²) < 4.78 is 1.76. The van der Waals surface area contributed by atoms with Crippen LogP contribution in [0.1, 0.15) is 45.1 Å². The summed E-state index contributed by atoms with van der Waals surface area (Å²) in [5.41, 5.74) is 4.63. The number of nitrogens with one attached hydrogen (secondary N) is 2. The minimum absolute atomic E-state index is 0.114. The van der Waals surface area contributed by atoms with Crippen molar-refractivity contribution in [3.63, 3.8) is 0 Å². The van der Waals surface area contributed by atoms with Crippen LogP contribution in [-0.4, -0.2) is 39.0 Å². The van der Waals surface area contributed by atoms with Crippen LogP contribution in [0.4, 0.5) is 0 Å². The van der Waals surface area contributed by atoms with E-state index in [1.165, 1.54) is 0 Å². The molecule has 8 heteroatoms. The van der Waals surface area contributed by atoms with E-state index in [4.69, 9.17) is 5.73 Å². The smallest absolute Gasteiger partial charge is 0.344 e. The molecule has 1 aliphatic carbocycles. The molecule has 0 aliphatic heterocycles. The summed E-state index contributed by atoms with van der Waals surface area (Å²) in [7, 11) is 1.75. The van der Waals surface area contributed by atoms with Crippen LogP contribution in [-0.2, 0) is 4.79 Å². The second kappa shape index (κ2) is 6.65. The Kier molecular flexibility index (Phi) is 5.10. The molecule has 1 heterocycles. The van der Waals surface area contributed by atoms with Crippen LogP contribution < -0.4 is 16.7 Å². The Balaban J connectivity index is 1.75. The number of rotatable bonds is 9. The van der Waals surface area contributed by atoms with Crippen LogP contribution in [0.25, 0.3) is 0 Å². The zero-order chi connectivity index (χ0) is 15.5. The van der Waals surface area contributed by atoms with Crippen LogP contribution in [0.2, 0.25) is 0 Å². The number of primary amides is 1. The first-order valence-electron chi connectivity index (χ1n) is 7.26. The summed E-state index contributed by atoms with van der Waals surface area (Å²) in [6.07, 6.45) is 4.67. The van der Waals surface area contributed by atoms with Gasteiger partial charge < -0.3 is 11.1 Å². The zero-order valence-electron chi connectivity index (χ0n) is 12.5. The summed E-state index contributed by atoms with van der Waals surface area (Å²) in [4.78, 5) is 23.0. The molecule has 118 valence electrons. The van der Waals surface area contributed by atoms with Gasteiger partial charge in [0.05, 0.1) is 5.54 Å². The van der Waals surface area contributed by atoms with Crippen molar-refractivity contribution >= 4 is 17.7 Å². The van der Waals surface area contributed by atoms with E-state index in [1.54, 1.807) is 23.4 Å². The van der Waals surface area contributed by atoms with Gasteiger partial charge in [0, 0.05) is 11.8 Å². The van der Waals surface area contributed by atoms with E-state index < -0.39 is 5.54 Å². The number of likely N-dealkylation sites (N-methyl/N-ethyl adjacent to an activating group) is 1. The molecule has 1 saturated carbocycles. The van der Waals surface area contributed by atoms with Gasteiger partial charge in [0.1, 0.15) is 0 Å². The quantitative estimate of drug-likeness (QED) is 0.458. The molecule has 21 heavy (non-hydrogen) atoms. The van der Waals surface area contributed by atoms with Gasteiger partial charge in [-0.2, -0.15) is 0 Å². The van der Waals surface area contributed by atoms with Crippen molar-refractivity contribution in [3.8, 4) is 0 Å². The lowest BCUT2D eigenvalue weighted by Gasteiger charge is -2.25. The number of nitrogens with zero attached hydrogens (tertiary/aromatic N) is 2. The summed E-state index contributed by atoms with van der Waals surface area (Å²) >= 11 is 1.59. The lowest BCUT2D eigenvalue weighted by atomic mass is 9.94. The molecule has 2 rings (SSSR count). The fraction of sp³-hybridized carbons (Fsp3) is 0.769. The molecule has 1 fully saturated rings. The van der Waals surface area contributed by atoms with Crippen LogP contribution >= 0.6 is 11.8 Å². The maximum absolute atomic E-state index is 11.6. The monoisotopic (exact) mass is 313 g/mol. The van der Waals surface area contributed by atoms with E-state index in [-0.39, 0.29) is 11.6 Å². The number of carbonyl (C=O) groups is 1. The number of amides is 1. The van der Waals surface area contributed by atoms with Gasteiger partial charge in [0.15, 0.2) is 5.16 Å². The third kappa shape index (κ3) is 3.88. The van der Waals surface area contributed by atoms with Gasteiger partial charge in [-0.05, 0) is 39.7 Å². The Hall–Kier alpha value is -1.28. The van der Waals surface area contributed by atoms with E-state index in [0.717, 1.165) is 36.6 Å². The Morgan fingerprint density at radius 3 is 2.86 bits per heavy atom. The molecule has 1 aromatic heterocycles. The number of thioether (sulfide) groups is 1. The number of aromatic amines is 1. The Morgan fingerprint density at radius 1 is 1.57 bits per heavy atom. The summed E-state index contributed by atoms with van der Waals surface area (Å²) in [5, 5.41) is 10.3. The largest absolute Gasteiger partial charge is 0.368 e. The molecule has 1 aromatic rings. The Bertz CT molecular complexity index is 551. The lowest BCUT2D eigenvalue weighted by molar-refractivity contribution is -0.123. The number of nitrogens with two attached hydrogens (primary N) is 1. The van der Waals surface area contributed by atoms with Gasteiger partial charge in [0.2, 0.25) is 5.91 Å². The second-order valence-electron chi connectivity index (χ2n) is 5.66. The number of hydrogen-bond donors (Lipinski definition) is 3. The van der Waals surface area contributed by atoms with Crippen molar-refractivity contribution in [2.45, 2.75) is 55.8 Å². The molecule has 1 unspecified atom stereocenters. The highest BCUT2D eigenvalue weighted by Crippen LogP contribution is 2.36. The SMILES string of the molecule is CNC(C)(CCCCSc1n[nH]c(=O)n1C1CC1)C(N)=O. The summed E-state index contributed by atoms with van der Waals surface area (Å²) in [6.45, 7) is 1.82. The fourth-order valence-electron chi connectivity index (χ4n) is 2.16. The highest BCUT2D eigenvalue weighted by molar-refractivity contribution is 7.99. The van der Waals surface area contributed by atoms with Crippen LogP contribution in [0.15, 0.2) is 9.95 Å². The summed E-state index contributed by atoms with van der Waals surface area (Å²) in [5.74, 6) is 0.544. The van der Waals surface area contributed by atoms with E-state index in [0.29, 0.717) is 12.5 Å². The van der Waals surface area contributed by atoms with Crippen molar-refractivity contribution in [3.05, 3.63) is 10.5 Å². The van der Waals surface area contributed by atoms with Crippen LogP contribution in [0.5, 0.6) is 0 Å². The predicted octanol–water partition coefficient (Wildman–Crippen LogP) is 0.632. The minimum atomic E-state index is -0.646. The minimum Gasteiger partial charge on any atom is -0.368 e. The van der Waals surface area contributed by atoms with Crippen molar-refractivity contribution in [1.82, 2.24) is 20.1 Å². The molecule has 1 aliphatic rings. The predicted molar refractivity (Wildman–Crippen MR) is 82.4 cm³/mol. The maximum Gasteiger partial charge on any atom is 0.344 e. The maximum atomic E-state index is 11.6. The van der Waals surface area contributed by atoms with Crippen molar-refractivity contribution in [2.75, 3.05) is 12.8 Å². The average molecular weight is 313 g/mol. The van der Waals surface area contributed by atoms with Crippen molar-refractivity contribution < 1.29 is 4.79 Å². The molecule has 7 nitrogen and oxygen atoms in total. The zero-order valence-corrected chi connectivity index (χ0v) is 13.3. The highest BCUT2D eigenvalue weighted by Gasteiger charge is 2.29. The van der Waals surface area contributed by atoms with E-state index in [1.807, 2.05) is 6.92 Å². The number of carbonyl (C=O) groups excluding carboxylic acids is 1. The van der Waals surface area contributed by atoms with Gasteiger partial charge in [-0.25, -0.2) is 9.89 Å². The Labute approximate surface area is 128 Å². The number of H-pyrrole nitrogens is 1.